The number of rotatable bonds is 6. The molecule has 10 heteroatoms. The lowest BCUT2D eigenvalue weighted by atomic mass is 10.2. The highest BCUT2D eigenvalue weighted by Crippen LogP contribution is 2.32. The third-order valence-electron chi connectivity index (χ3n) is 5.79. The minimum atomic E-state index is -3.77. The van der Waals surface area contributed by atoms with Crippen molar-refractivity contribution in [1.82, 2.24) is 9.88 Å². The molecule has 0 spiro atoms. The monoisotopic (exact) mass is 484 g/mol. The number of nitrogens with one attached hydrogen (secondary N) is 1. The van der Waals surface area contributed by atoms with Gasteiger partial charge in [0.2, 0.25) is 0 Å². The predicted octanol–water partition coefficient (Wildman–Crippen LogP) is 2.98. The van der Waals surface area contributed by atoms with Crippen molar-refractivity contribution in [2.45, 2.75) is 17.9 Å². The van der Waals surface area contributed by atoms with E-state index in [-0.39, 0.29) is 16.4 Å². The summed E-state index contributed by atoms with van der Waals surface area (Å²) in [6.07, 6.45) is 0.673. The van der Waals surface area contributed by atoms with Crippen LogP contribution in [0.2, 0.25) is 0 Å². The number of ether oxygens (including phenoxy) is 1. The molecule has 0 radical (unpaired) electrons. The molecule has 2 aliphatic rings. The molecule has 172 valence electrons. The lowest BCUT2D eigenvalue weighted by Crippen LogP contribution is -2.35. The summed E-state index contributed by atoms with van der Waals surface area (Å²) in [7, 11) is -3.77. The van der Waals surface area contributed by atoms with Gasteiger partial charge in [0.15, 0.2) is 5.13 Å². The standard InChI is InChI=1S/C23H24N4O4S2/c28-22(25-23-24-19(16-32-23)15-26-10-12-31-13-11-26)18-5-3-6-20(14-18)33(29,30)27-9-8-17-4-1-2-7-21(17)27/h1-7,14,16H,8-13,15H2,(H,24,25,28). The van der Waals surface area contributed by atoms with Crippen LogP contribution in [0.25, 0.3) is 0 Å². The third-order valence-corrected chi connectivity index (χ3v) is 8.41. The Morgan fingerprint density at radius 1 is 1.09 bits per heavy atom. The molecule has 0 saturated carbocycles. The number of aromatic nitrogens is 1. The van der Waals surface area contributed by atoms with Crippen molar-refractivity contribution < 1.29 is 17.9 Å². The first kappa shape index (κ1) is 22.0. The summed E-state index contributed by atoms with van der Waals surface area (Å²) in [4.78, 5) is 19.7. The predicted molar refractivity (Wildman–Crippen MR) is 127 cm³/mol. The summed E-state index contributed by atoms with van der Waals surface area (Å²) in [6, 6.07) is 13.6. The van der Waals surface area contributed by atoms with Crippen LogP contribution in [0.5, 0.6) is 0 Å². The van der Waals surface area contributed by atoms with Gasteiger partial charge in [-0.3, -0.25) is 19.3 Å². The number of amides is 1. The largest absolute Gasteiger partial charge is 0.379 e. The number of sulfonamides is 1. The Hall–Kier alpha value is -2.79. The highest BCUT2D eigenvalue weighted by Gasteiger charge is 2.31. The SMILES string of the molecule is O=C(Nc1nc(CN2CCOCC2)cs1)c1cccc(S(=O)(=O)N2CCc3ccccc32)c1. The Labute approximate surface area is 196 Å². The molecular weight excluding hydrogens is 460 g/mol. The molecule has 1 saturated heterocycles. The van der Waals surface area contributed by atoms with Crippen LogP contribution in [0.3, 0.4) is 0 Å². The van der Waals surface area contributed by atoms with Crippen LogP contribution in [-0.4, -0.2) is 57.1 Å². The van der Waals surface area contributed by atoms with Crippen molar-refractivity contribution in [2.75, 3.05) is 42.5 Å². The van der Waals surface area contributed by atoms with Crippen molar-refractivity contribution in [3.63, 3.8) is 0 Å². The quantitative estimate of drug-likeness (QED) is 0.578. The number of hydrogen-bond acceptors (Lipinski definition) is 7. The summed E-state index contributed by atoms with van der Waals surface area (Å²) >= 11 is 1.36. The topological polar surface area (TPSA) is 91.8 Å². The zero-order valence-electron chi connectivity index (χ0n) is 17.9. The van der Waals surface area contributed by atoms with E-state index in [1.54, 1.807) is 12.1 Å². The maximum absolute atomic E-state index is 13.3. The van der Waals surface area contributed by atoms with Gasteiger partial charge in [0.05, 0.1) is 29.5 Å². The van der Waals surface area contributed by atoms with Crippen LogP contribution < -0.4 is 9.62 Å². The van der Waals surface area contributed by atoms with Gasteiger partial charge in [-0.05, 0) is 36.2 Å². The lowest BCUT2D eigenvalue weighted by molar-refractivity contribution is 0.0337. The van der Waals surface area contributed by atoms with Gasteiger partial charge >= 0.3 is 0 Å². The van der Waals surface area contributed by atoms with Gasteiger partial charge in [0.1, 0.15) is 0 Å². The molecule has 8 nitrogen and oxygen atoms in total. The van der Waals surface area contributed by atoms with Gasteiger partial charge in [-0.2, -0.15) is 0 Å². The molecule has 0 atom stereocenters. The molecule has 1 fully saturated rings. The van der Waals surface area contributed by atoms with E-state index in [1.807, 2.05) is 29.6 Å². The molecular formula is C23H24N4O4S2. The number of hydrogen-bond donors (Lipinski definition) is 1. The average molecular weight is 485 g/mol. The molecule has 2 aliphatic heterocycles. The van der Waals surface area contributed by atoms with Gasteiger partial charge in [-0.25, -0.2) is 13.4 Å². The van der Waals surface area contributed by atoms with Crippen LogP contribution >= 0.6 is 11.3 Å². The maximum atomic E-state index is 13.3. The van der Waals surface area contributed by atoms with Crippen molar-refractivity contribution in [3.05, 3.63) is 70.7 Å². The van der Waals surface area contributed by atoms with Crippen LogP contribution in [0.15, 0.2) is 58.8 Å². The number of morpholine rings is 1. The first-order valence-corrected chi connectivity index (χ1v) is 13.1. The molecule has 2 aromatic carbocycles. The fourth-order valence-electron chi connectivity index (χ4n) is 4.08. The number of anilines is 2. The molecule has 5 rings (SSSR count). The number of carbonyl (C=O) groups is 1. The summed E-state index contributed by atoms with van der Waals surface area (Å²) in [5, 5.41) is 5.21. The van der Waals surface area contributed by atoms with E-state index in [0.717, 1.165) is 37.6 Å². The Morgan fingerprint density at radius 2 is 1.91 bits per heavy atom. The van der Waals surface area contributed by atoms with E-state index in [0.29, 0.717) is 30.3 Å². The van der Waals surface area contributed by atoms with Gasteiger partial charge in [0, 0.05) is 37.1 Å². The van der Waals surface area contributed by atoms with Crippen molar-refractivity contribution >= 4 is 38.1 Å². The zero-order valence-corrected chi connectivity index (χ0v) is 19.6. The number of para-hydroxylation sites is 1. The van der Waals surface area contributed by atoms with Crippen LogP contribution in [0.4, 0.5) is 10.8 Å². The van der Waals surface area contributed by atoms with Crippen molar-refractivity contribution in [3.8, 4) is 0 Å². The second-order valence-electron chi connectivity index (χ2n) is 7.97. The Morgan fingerprint density at radius 3 is 2.76 bits per heavy atom. The molecule has 3 aromatic rings. The summed E-state index contributed by atoms with van der Waals surface area (Å²) in [5.41, 5.74) is 2.87. The number of nitrogens with zero attached hydrogens (tertiary/aromatic N) is 3. The highest BCUT2D eigenvalue weighted by molar-refractivity contribution is 7.92. The number of carbonyl (C=O) groups excluding carboxylic acids is 1. The Bertz CT molecular complexity index is 1270. The minimum Gasteiger partial charge on any atom is -0.379 e. The summed E-state index contributed by atoms with van der Waals surface area (Å²) < 4.78 is 33.4. The minimum absolute atomic E-state index is 0.0963. The molecule has 1 amide bonds. The van der Waals surface area contributed by atoms with Gasteiger partial charge < -0.3 is 4.74 Å². The molecule has 33 heavy (non-hydrogen) atoms. The van der Waals surface area contributed by atoms with Crippen molar-refractivity contribution in [1.29, 1.82) is 0 Å². The van der Waals surface area contributed by atoms with Crippen molar-refractivity contribution in [2.24, 2.45) is 0 Å². The first-order chi connectivity index (χ1) is 16.0. The molecule has 0 aliphatic carbocycles. The molecule has 0 bridgehead atoms. The van der Waals surface area contributed by atoms with Gasteiger partial charge in [0.25, 0.3) is 15.9 Å². The van der Waals surface area contributed by atoms with Crippen LogP contribution in [-0.2, 0) is 27.7 Å². The van der Waals surface area contributed by atoms with E-state index in [2.05, 4.69) is 15.2 Å². The van der Waals surface area contributed by atoms with E-state index >= 15 is 0 Å². The second-order valence-corrected chi connectivity index (χ2v) is 10.7. The second kappa shape index (κ2) is 9.22. The molecule has 0 unspecified atom stereocenters. The smallest absolute Gasteiger partial charge is 0.264 e. The average Bonchev–Trinajstić information content (AvgIpc) is 3.47. The Kier molecular flexibility index (Phi) is 6.15. The van der Waals surface area contributed by atoms with Crippen LogP contribution in [0, 0.1) is 0 Å². The normalized spacial score (nSPS) is 16.5. The zero-order chi connectivity index (χ0) is 22.8. The number of thiazole rings is 1. The summed E-state index contributed by atoms with van der Waals surface area (Å²) in [5.74, 6) is -0.388. The van der Waals surface area contributed by atoms with Gasteiger partial charge in [-0.15, -0.1) is 11.3 Å². The van der Waals surface area contributed by atoms with E-state index in [9.17, 15) is 13.2 Å². The van der Waals surface area contributed by atoms with E-state index in [1.165, 1.54) is 27.8 Å². The molecule has 1 N–H and O–H groups in total. The number of benzene rings is 2. The lowest BCUT2D eigenvalue weighted by Gasteiger charge is -2.25. The van der Waals surface area contributed by atoms with E-state index < -0.39 is 10.0 Å². The molecule has 1 aromatic heterocycles. The summed E-state index contributed by atoms with van der Waals surface area (Å²) in [6.45, 7) is 4.26. The fraction of sp³-hybridized carbons (Fsp3) is 0.304. The maximum Gasteiger partial charge on any atom is 0.264 e. The first-order valence-electron chi connectivity index (χ1n) is 10.8. The van der Waals surface area contributed by atoms with Crippen LogP contribution in [0.1, 0.15) is 21.6 Å². The fourth-order valence-corrected chi connectivity index (χ4v) is 6.32. The number of fused-ring (bicyclic) bond motifs is 1. The van der Waals surface area contributed by atoms with Gasteiger partial charge in [-0.1, -0.05) is 24.3 Å². The van der Waals surface area contributed by atoms with E-state index in [4.69, 9.17) is 4.74 Å². The molecule has 3 heterocycles. The Balaban J connectivity index is 1.30. The highest BCUT2D eigenvalue weighted by atomic mass is 32.2. The third kappa shape index (κ3) is 4.65.